The summed E-state index contributed by atoms with van der Waals surface area (Å²) >= 11 is 0. The van der Waals surface area contributed by atoms with Crippen LogP contribution in [0.5, 0.6) is 0 Å². The molecule has 104 valence electrons. The quantitative estimate of drug-likeness (QED) is 0.933. The molecule has 0 saturated carbocycles. The van der Waals surface area contributed by atoms with E-state index in [0.717, 1.165) is 12.0 Å². The Morgan fingerprint density at radius 3 is 2.37 bits per heavy atom. The van der Waals surface area contributed by atoms with Gasteiger partial charge in [-0.2, -0.15) is 4.98 Å². The summed E-state index contributed by atoms with van der Waals surface area (Å²) in [5.74, 6) is 1.38. The van der Waals surface area contributed by atoms with Crippen LogP contribution in [-0.2, 0) is 6.42 Å². The second-order valence-corrected chi connectivity index (χ2v) is 4.78. The first-order chi connectivity index (χ1) is 8.61. The summed E-state index contributed by atoms with van der Waals surface area (Å²) in [6.07, 6.45) is 1.02. The van der Waals surface area contributed by atoms with Crippen LogP contribution in [0, 0.1) is 5.92 Å². The third-order valence-electron chi connectivity index (χ3n) is 3.07. The average molecular weight is 282 g/mol. The molecule has 2 N–H and O–H groups in total. The van der Waals surface area contributed by atoms with Gasteiger partial charge in [0.15, 0.2) is 0 Å². The molecule has 0 amide bonds. The standard InChI is InChI=1S/C14H19N3O.ClH/c1-4-10-5-7-11(8-6-10)13-16-14(18-17-13)12(15)9(2)3;/h5-9,12H,4,15H2,1-3H3;1H. The Morgan fingerprint density at radius 1 is 1.21 bits per heavy atom. The summed E-state index contributed by atoms with van der Waals surface area (Å²) in [7, 11) is 0. The van der Waals surface area contributed by atoms with E-state index in [-0.39, 0.29) is 24.4 Å². The molecule has 0 aliphatic heterocycles. The van der Waals surface area contributed by atoms with E-state index in [1.54, 1.807) is 0 Å². The fraction of sp³-hybridized carbons (Fsp3) is 0.429. The largest absolute Gasteiger partial charge is 0.337 e. The van der Waals surface area contributed by atoms with Crippen LogP contribution in [0.15, 0.2) is 28.8 Å². The minimum atomic E-state index is -0.207. The van der Waals surface area contributed by atoms with Gasteiger partial charge in [0.2, 0.25) is 11.7 Å². The van der Waals surface area contributed by atoms with Crippen molar-refractivity contribution in [2.24, 2.45) is 11.7 Å². The van der Waals surface area contributed by atoms with Crippen molar-refractivity contribution in [1.82, 2.24) is 10.1 Å². The zero-order chi connectivity index (χ0) is 13.1. The molecular formula is C14H20ClN3O. The monoisotopic (exact) mass is 281 g/mol. The van der Waals surface area contributed by atoms with Gasteiger partial charge in [0.25, 0.3) is 0 Å². The molecule has 1 atom stereocenters. The molecule has 2 aromatic rings. The maximum absolute atomic E-state index is 5.98. The van der Waals surface area contributed by atoms with Crippen molar-refractivity contribution in [3.63, 3.8) is 0 Å². The maximum Gasteiger partial charge on any atom is 0.244 e. The van der Waals surface area contributed by atoms with Crippen LogP contribution >= 0.6 is 12.4 Å². The fourth-order valence-electron chi connectivity index (χ4n) is 1.66. The molecule has 5 heteroatoms. The topological polar surface area (TPSA) is 64.9 Å². The number of nitrogens with two attached hydrogens (primary N) is 1. The van der Waals surface area contributed by atoms with E-state index in [2.05, 4.69) is 29.2 Å². The average Bonchev–Trinajstić information content (AvgIpc) is 2.87. The highest BCUT2D eigenvalue weighted by atomic mass is 35.5. The van der Waals surface area contributed by atoms with E-state index < -0.39 is 0 Å². The number of halogens is 1. The van der Waals surface area contributed by atoms with Gasteiger partial charge >= 0.3 is 0 Å². The first kappa shape index (κ1) is 15.7. The molecule has 19 heavy (non-hydrogen) atoms. The highest BCUT2D eigenvalue weighted by molar-refractivity contribution is 5.85. The lowest BCUT2D eigenvalue weighted by molar-refractivity contribution is 0.325. The molecular weight excluding hydrogens is 262 g/mol. The van der Waals surface area contributed by atoms with Crippen LogP contribution < -0.4 is 5.73 Å². The van der Waals surface area contributed by atoms with Gasteiger partial charge in [-0.25, -0.2) is 0 Å². The van der Waals surface area contributed by atoms with Crippen molar-refractivity contribution in [3.8, 4) is 11.4 Å². The van der Waals surface area contributed by atoms with Crippen LogP contribution in [0.25, 0.3) is 11.4 Å². The van der Waals surface area contributed by atoms with Crippen molar-refractivity contribution in [2.45, 2.75) is 33.2 Å². The van der Waals surface area contributed by atoms with Crippen molar-refractivity contribution < 1.29 is 4.52 Å². The number of hydrogen-bond donors (Lipinski definition) is 1. The van der Waals surface area contributed by atoms with Gasteiger partial charge in [-0.1, -0.05) is 50.2 Å². The van der Waals surface area contributed by atoms with Crippen LogP contribution in [0.4, 0.5) is 0 Å². The molecule has 0 fully saturated rings. The Labute approximate surface area is 119 Å². The zero-order valence-corrected chi connectivity index (χ0v) is 12.3. The maximum atomic E-state index is 5.98. The Balaban J connectivity index is 0.00000180. The summed E-state index contributed by atoms with van der Waals surface area (Å²) in [5, 5.41) is 3.98. The molecule has 2 rings (SSSR count). The Morgan fingerprint density at radius 2 is 1.84 bits per heavy atom. The van der Waals surface area contributed by atoms with E-state index in [1.165, 1.54) is 5.56 Å². The molecule has 0 aliphatic carbocycles. The second-order valence-electron chi connectivity index (χ2n) is 4.78. The first-order valence-electron chi connectivity index (χ1n) is 6.30. The summed E-state index contributed by atoms with van der Waals surface area (Å²) < 4.78 is 5.21. The molecule has 0 aliphatic rings. The van der Waals surface area contributed by atoms with Gasteiger partial charge in [-0.15, -0.1) is 12.4 Å². The fourth-order valence-corrected chi connectivity index (χ4v) is 1.66. The number of hydrogen-bond acceptors (Lipinski definition) is 4. The summed E-state index contributed by atoms with van der Waals surface area (Å²) in [5.41, 5.74) is 8.23. The number of nitrogens with zero attached hydrogens (tertiary/aromatic N) is 2. The van der Waals surface area contributed by atoms with Crippen LogP contribution in [0.2, 0.25) is 0 Å². The minimum Gasteiger partial charge on any atom is -0.337 e. The minimum absolute atomic E-state index is 0. The number of benzene rings is 1. The van der Waals surface area contributed by atoms with E-state index in [4.69, 9.17) is 10.3 Å². The molecule has 0 bridgehead atoms. The molecule has 1 heterocycles. The van der Waals surface area contributed by atoms with Crippen molar-refractivity contribution in [2.75, 3.05) is 0 Å². The number of aryl methyl sites for hydroxylation is 1. The lowest BCUT2D eigenvalue weighted by Crippen LogP contribution is -2.16. The molecule has 1 aromatic heterocycles. The zero-order valence-electron chi connectivity index (χ0n) is 11.5. The third-order valence-corrected chi connectivity index (χ3v) is 3.07. The molecule has 0 spiro atoms. The predicted molar refractivity (Wildman–Crippen MR) is 78.1 cm³/mol. The predicted octanol–water partition coefficient (Wildman–Crippen LogP) is 3.38. The van der Waals surface area contributed by atoms with Gasteiger partial charge in [0.1, 0.15) is 0 Å². The van der Waals surface area contributed by atoms with Gasteiger partial charge in [0, 0.05) is 5.56 Å². The number of rotatable bonds is 4. The second kappa shape index (κ2) is 6.68. The smallest absolute Gasteiger partial charge is 0.244 e. The van der Waals surface area contributed by atoms with Crippen molar-refractivity contribution in [3.05, 3.63) is 35.7 Å². The van der Waals surface area contributed by atoms with Crippen LogP contribution in [0.1, 0.15) is 38.3 Å². The SMILES string of the molecule is CCc1ccc(-c2noc(C(N)C(C)C)n2)cc1.Cl. The van der Waals surface area contributed by atoms with Gasteiger partial charge in [-0.05, 0) is 17.9 Å². The van der Waals surface area contributed by atoms with E-state index in [0.29, 0.717) is 11.7 Å². The van der Waals surface area contributed by atoms with Crippen LogP contribution in [-0.4, -0.2) is 10.1 Å². The Hall–Kier alpha value is -1.39. The number of aromatic nitrogens is 2. The van der Waals surface area contributed by atoms with Gasteiger partial charge in [-0.3, -0.25) is 0 Å². The molecule has 1 unspecified atom stereocenters. The molecule has 0 radical (unpaired) electrons. The van der Waals surface area contributed by atoms with Crippen LogP contribution in [0.3, 0.4) is 0 Å². The highest BCUT2D eigenvalue weighted by Crippen LogP contribution is 2.21. The lowest BCUT2D eigenvalue weighted by atomic mass is 10.1. The lowest BCUT2D eigenvalue weighted by Gasteiger charge is -2.09. The van der Waals surface area contributed by atoms with Gasteiger partial charge in [0.05, 0.1) is 6.04 Å². The summed E-state index contributed by atoms with van der Waals surface area (Å²) in [6, 6.07) is 7.96. The van der Waals surface area contributed by atoms with Crippen molar-refractivity contribution >= 4 is 12.4 Å². The summed E-state index contributed by atoms with van der Waals surface area (Å²) in [4.78, 5) is 4.35. The highest BCUT2D eigenvalue weighted by Gasteiger charge is 2.18. The van der Waals surface area contributed by atoms with E-state index >= 15 is 0 Å². The first-order valence-corrected chi connectivity index (χ1v) is 6.30. The van der Waals surface area contributed by atoms with Crippen molar-refractivity contribution in [1.29, 1.82) is 0 Å². The Kier molecular flexibility index (Phi) is 5.51. The normalized spacial score (nSPS) is 12.3. The third kappa shape index (κ3) is 3.55. The van der Waals surface area contributed by atoms with E-state index in [9.17, 15) is 0 Å². The Bertz CT molecular complexity index is 508. The van der Waals surface area contributed by atoms with E-state index in [1.807, 2.05) is 26.0 Å². The van der Waals surface area contributed by atoms with Gasteiger partial charge < -0.3 is 10.3 Å². The molecule has 4 nitrogen and oxygen atoms in total. The molecule has 0 saturated heterocycles. The summed E-state index contributed by atoms with van der Waals surface area (Å²) in [6.45, 7) is 6.19. The molecule has 1 aromatic carbocycles.